The zero-order chi connectivity index (χ0) is 18.7. The number of ether oxygens (including phenoxy) is 1. The van der Waals surface area contributed by atoms with Gasteiger partial charge in [-0.15, -0.1) is 0 Å². The Morgan fingerprint density at radius 1 is 1.31 bits per heavy atom. The predicted molar refractivity (Wildman–Crippen MR) is 102 cm³/mol. The van der Waals surface area contributed by atoms with Gasteiger partial charge in [0.2, 0.25) is 0 Å². The molecule has 1 aliphatic rings. The van der Waals surface area contributed by atoms with Gasteiger partial charge in [0.05, 0.1) is 18.3 Å². The van der Waals surface area contributed by atoms with Gasteiger partial charge in [0.25, 0.3) is 5.91 Å². The van der Waals surface area contributed by atoms with Crippen LogP contribution in [-0.2, 0) is 21.5 Å². The molecule has 1 amide bonds. The topological polar surface area (TPSA) is 82.2 Å². The fourth-order valence-corrected chi connectivity index (χ4v) is 3.04. The second-order valence-corrected chi connectivity index (χ2v) is 7.86. The SMILES string of the molecule is CC(C)(C)c1cc(NC(=O)[C@@H]2CC[C@H](CN)O2)n(Cc2ccccc2)n1. The standard InChI is InChI=1S/C20H28N4O2/c1-20(2,3)17-11-18(22-19(25)16-10-9-15(12-21)26-16)24(23-17)13-14-7-5-4-6-8-14/h4-8,11,15-16H,9-10,12-13,21H2,1-3H3,(H,22,25)/t15-,16+/m1/s1. The number of rotatable bonds is 5. The van der Waals surface area contributed by atoms with Gasteiger partial charge in [-0.3, -0.25) is 4.79 Å². The lowest BCUT2D eigenvalue weighted by Crippen LogP contribution is -2.30. The van der Waals surface area contributed by atoms with Crippen LogP contribution in [0.25, 0.3) is 0 Å². The first kappa shape index (κ1) is 18.6. The van der Waals surface area contributed by atoms with Crippen LogP contribution in [0.5, 0.6) is 0 Å². The molecule has 1 aliphatic heterocycles. The lowest BCUT2D eigenvalue weighted by molar-refractivity contribution is -0.126. The molecule has 6 heteroatoms. The van der Waals surface area contributed by atoms with E-state index in [-0.39, 0.29) is 17.4 Å². The number of carbonyl (C=O) groups is 1. The minimum atomic E-state index is -0.443. The summed E-state index contributed by atoms with van der Waals surface area (Å²) in [6.45, 7) is 7.38. The molecule has 2 atom stereocenters. The maximum Gasteiger partial charge on any atom is 0.254 e. The highest BCUT2D eigenvalue weighted by atomic mass is 16.5. The Morgan fingerprint density at radius 3 is 2.65 bits per heavy atom. The first-order valence-electron chi connectivity index (χ1n) is 9.15. The summed E-state index contributed by atoms with van der Waals surface area (Å²) < 4.78 is 7.56. The Bertz CT molecular complexity index is 749. The van der Waals surface area contributed by atoms with Crippen LogP contribution in [-0.4, -0.2) is 34.4 Å². The van der Waals surface area contributed by atoms with Crippen LogP contribution in [0.1, 0.15) is 44.9 Å². The third kappa shape index (κ3) is 4.31. The van der Waals surface area contributed by atoms with E-state index in [1.165, 1.54) is 0 Å². The van der Waals surface area contributed by atoms with Crippen molar-refractivity contribution in [3.63, 3.8) is 0 Å². The Labute approximate surface area is 154 Å². The molecule has 26 heavy (non-hydrogen) atoms. The van der Waals surface area contributed by atoms with E-state index in [0.29, 0.717) is 25.3 Å². The second-order valence-electron chi connectivity index (χ2n) is 7.86. The summed E-state index contributed by atoms with van der Waals surface area (Å²) in [5, 5.41) is 7.73. The molecule has 0 spiro atoms. The van der Waals surface area contributed by atoms with Crippen molar-refractivity contribution in [2.75, 3.05) is 11.9 Å². The van der Waals surface area contributed by atoms with Crippen LogP contribution in [0.4, 0.5) is 5.82 Å². The molecule has 0 radical (unpaired) electrons. The molecule has 3 N–H and O–H groups in total. The summed E-state index contributed by atoms with van der Waals surface area (Å²) in [7, 11) is 0. The highest BCUT2D eigenvalue weighted by Crippen LogP contribution is 2.26. The van der Waals surface area contributed by atoms with Gasteiger partial charge in [-0.05, 0) is 18.4 Å². The molecule has 6 nitrogen and oxygen atoms in total. The van der Waals surface area contributed by atoms with Crippen molar-refractivity contribution < 1.29 is 9.53 Å². The van der Waals surface area contributed by atoms with E-state index in [2.05, 4.69) is 38.2 Å². The number of amides is 1. The Balaban J connectivity index is 1.80. The number of benzene rings is 1. The Kier molecular flexibility index (Phi) is 5.44. The molecule has 0 aliphatic carbocycles. The third-order valence-corrected chi connectivity index (χ3v) is 4.64. The van der Waals surface area contributed by atoms with E-state index >= 15 is 0 Å². The van der Waals surface area contributed by atoms with Crippen molar-refractivity contribution in [1.82, 2.24) is 9.78 Å². The lowest BCUT2D eigenvalue weighted by atomic mass is 9.92. The number of hydrogen-bond donors (Lipinski definition) is 2. The van der Waals surface area contributed by atoms with E-state index in [1.807, 2.05) is 28.9 Å². The lowest BCUT2D eigenvalue weighted by Gasteiger charge is -2.14. The molecule has 1 aromatic heterocycles. The van der Waals surface area contributed by atoms with Crippen molar-refractivity contribution in [3.05, 3.63) is 47.7 Å². The molecule has 1 aromatic carbocycles. The monoisotopic (exact) mass is 356 g/mol. The van der Waals surface area contributed by atoms with Crippen LogP contribution < -0.4 is 11.1 Å². The molecule has 2 aromatic rings. The van der Waals surface area contributed by atoms with Crippen molar-refractivity contribution in [2.45, 2.75) is 57.8 Å². The predicted octanol–water partition coefficient (Wildman–Crippen LogP) is 2.67. The normalized spacial score (nSPS) is 20.3. The quantitative estimate of drug-likeness (QED) is 0.863. The number of anilines is 1. The minimum Gasteiger partial charge on any atom is -0.364 e. The molecule has 1 saturated heterocycles. The highest BCUT2D eigenvalue weighted by molar-refractivity contribution is 5.93. The van der Waals surface area contributed by atoms with Gasteiger partial charge >= 0.3 is 0 Å². The number of carbonyl (C=O) groups excluding carboxylic acids is 1. The molecule has 0 unspecified atom stereocenters. The van der Waals surface area contributed by atoms with Gasteiger partial charge in [-0.25, -0.2) is 4.68 Å². The second kappa shape index (κ2) is 7.60. The van der Waals surface area contributed by atoms with Crippen molar-refractivity contribution >= 4 is 11.7 Å². The number of nitrogens with two attached hydrogens (primary N) is 1. The Morgan fingerprint density at radius 2 is 2.04 bits per heavy atom. The summed E-state index contributed by atoms with van der Waals surface area (Å²) in [6.07, 6.45) is 1.06. The average molecular weight is 356 g/mol. The third-order valence-electron chi connectivity index (χ3n) is 4.64. The van der Waals surface area contributed by atoms with Gasteiger partial charge in [-0.2, -0.15) is 5.10 Å². The number of aromatic nitrogens is 2. The molecule has 140 valence electrons. The maximum atomic E-state index is 12.6. The van der Waals surface area contributed by atoms with Gasteiger partial charge in [0.15, 0.2) is 0 Å². The van der Waals surface area contributed by atoms with Crippen LogP contribution in [0.3, 0.4) is 0 Å². The van der Waals surface area contributed by atoms with Crippen molar-refractivity contribution in [3.8, 4) is 0 Å². The van der Waals surface area contributed by atoms with Gasteiger partial charge in [0, 0.05) is 18.0 Å². The van der Waals surface area contributed by atoms with E-state index in [9.17, 15) is 4.79 Å². The number of nitrogens with one attached hydrogen (secondary N) is 1. The van der Waals surface area contributed by atoms with E-state index < -0.39 is 6.10 Å². The summed E-state index contributed by atoms with van der Waals surface area (Å²) in [4.78, 5) is 12.6. The zero-order valence-corrected chi connectivity index (χ0v) is 15.7. The summed E-state index contributed by atoms with van der Waals surface area (Å²) in [6, 6.07) is 12.0. The Hall–Kier alpha value is -2.18. The molecule has 3 rings (SSSR count). The fourth-order valence-electron chi connectivity index (χ4n) is 3.04. The molecule has 1 fully saturated rings. The number of nitrogens with zero attached hydrogens (tertiary/aromatic N) is 2. The van der Waals surface area contributed by atoms with Gasteiger partial charge in [0.1, 0.15) is 11.9 Å². The molecular weight excluding hydrogens is 328 g/mol. The first-order valence-corrected chi connectivity index (χ1v) is 9.15. The van der Waals surface area contributed by atoms with Gasteiger partial charge < -0.3 is 15.8 Å². The molecule has 2 heterocycles. The summed E-state index contributed by atoms with van der Waals surface area (Å²) in [5.74, 6) is 0.569. The van der Waals surface area contributed by atoms with Crippen molar-refractivity contribution in [2.24, 2.45) is 5.73 Å². The van der Waals surface area contributed by atoms with Crippen molar-refractivity contribution in [1.29, 1.82) is 0 Å². The number of hydrogen-bond acceptors (Lipinski definition) is 4. The van der Waals surface area contributed by atoms with Gasteiger partial charge in [-0.1, -0.05) is 51.1 Å². The molecule has 0 bridgehead atoms. The van der Waals surface area contributed by atoms with E-state index in [0.717, 1.165) is 17.7 Å². The first-order chi connectivity index (χ1) is 12.4. The van der Waals surface area contributed by atoms with Crippen LogP contribution >= 0.6 is 0 Å². The maximum absolute atomic E-state index is 12.6. The highest BCUT2D eigenvalue weighted by Gasteiger charge is 2.31. The fraction of sp³-hybridized carbons (Fsp3) is 0.500. The van der Waals surface area contributed by atoms with Crippen LogP contribution in [0.2, 0.25) is 0 Å². The smallest absolute Gasteiger partial charge is 0.254 e. The zero-order valence-electron chi connectivity index (χ0n) is 15.7. The van der Waals surface area contributed by atoms with E-state index in [1.54, 1.807) is 0 Å². The minimum absolute atomic E-state index is 0.0230. The van der Waals surface area contributed by atoms with E-state index in [4.69, 9.17) is 15.6 Å². The summed E-state index contributed by atoms with van der Waals surface area (Å²) >= 11 is 0. The molecule has 0 saturated carbocycles. The average Bonchev–Trinajstić information content (AvgIpc) is 3.23. The molecular formula is C20H28N4O2. The summed E-state index contributed by atoms with van der Waals surface area (Å²) in [5.41, 5.74) is 7.61. The van der Waals surface area contributed by atoms with Crippen LogP contribution in [0, 0.1) is 0 Å². The van der Waals surface area contributed by atoms with Crippen LogP contribution in [0.15, 0.2) is 36.4 Å². The largest absolute Gasteiger partial charge is 0.364 e.